The van der Waals surface area contributed by atoms with E-state index in [1.54, 1.807) is 12.1 Å². The highest BCUT2D eigenvalue weighted by atomic mass is 19.1. The number of likely N-dealkylation sites (tertiary alicyclic amines) is 1. The average molecular weight is 508 g/mol. The topological polar surface area (TPSA) is 61.4 Å². The molecular formula is C31H42FN3O2. The zero-order valence-electron chi connectivity index (χ0n) is 22.4. The second-order valence-corrected chi connectivity index (χ2v) is 11.1. The summed E-state index contributed by atoms with van der Waals surface area (Å²) in [6, 6.07) is 14.8. The minimum atomic E-state index is -0.520. The standard InChI is InChI=1S/C31H42FN3O2/c1-23(2)29(36)34-28-9-6-8-25(22-28)24-14-20-35(21-15-24)19-7-18-33-30(37)31(16-4-3-5-17-31)26-10-12-27(32)13-11-26/h6,8-13,22-24H,3-5,7,14-21H2,1-2H3,(H,33,37)(H,34,36). The summed E-state index contributed by atoms with van der Waals surface area (Å²) in [4.78, 5) is 27.9. The van der Waals surface area contributed by atoms with Crippen molar-refractivity contribution in [2.45, 2.75) is 76.5 Å². The molecule has 4 rings (SSSR count). The number of anilines is 1. The molecule has 2 N–H and O–H groups in total. The van der Waals surface area contributed by atoms with Crippen LogP contribution in [0.15, 0.2) is 48.5 Å². The average Bonchev–Trinajstić information content (AvgIpc) is 2.92. The number of hydrogen-bond acceptors (Lipinski definition) is 3. The number of piperidine rings is 1. The van der Waals surface area contributed by atoms with Gasteiger partial charge < -0.3 is 15.5 Å². The molecule has 0 spiro atoms. The Labute approximate surface area is 221 Å². The van der Waals surface area contributed by atoms with Crippen LogP contribution in [0.25, 0.3) is 0 Å². The van der Waals surface area contributed by atoms with Crippen molar-refractivity contribution in [2.24, 2.45) is 5.92 Å². The molecule has 0 atom stereocenters. The van der Waals surface area contributed by atoms with Crippen LogP contribution in [0.3, 0.4) is 0 Å². The number of hydrogen-bond donors (Lipinski definition) is 2. The van der Waals surface area contributed by atoms with Crippen LogP contribution in [0.1, 0.15) is 82.3 Å². The normalized spacial score (nSPS) is 18.5. The summed E-state index contributed by atoms with van der Waals surface area (Å²) in [7, 11) is 0. The molecule has 2 aromatic carbocycles. The number of nitrogens with one attached hydrogen (secondary N) is 2. The summed E-state index contributed by atoms with van der Waals surface area (Å²) in [5.74, 6) is 0.360. The first-order valence-electron chi connectivity index (χ1n) is 14.0. The molecule has 2 amide bonds. The molecule has 5 nitrogen and oxygen atoms in total. The molecule has 2 aliphatic rings. The molecule has 1 saturated carbocycles. The van der Waals surface area contributed by atoms with Gasteiger partial charge in [-0.2, -0.15) is 0 Å². The molecule has 0 bridgehead atoms. The van der Waals surface area contributed by atoms with Crippen molar-refractivity contribution < 1.29 is 14.0 Å². The third-order valence-corrected chi connectivity index (χ3v) is 8.21. The zero-order chi connectivity index (χ0) is 26.3. The van der Waals surface area contributed by atoms with Crippen molar-refractivity contribution in [3.05, 3.63) is 65.5 Å². The molecule has 1 aliphatic heterocycles. The van der Waals surface area contributed by atoms with Gasteiger partial charge in [0.2, 0.25) is 11.8 Å². The van der Waals surface area contributed by atoms with Crippen LogP contribution in [-0.2, 0) is 15.0 Å². The van der Waals surface area contributed by atoms with Gasteiger partial charge in [-0.3, -0.25) is 9.59 Å². The zero-order valence-corrected chi connectivity index (χ0v) is 22.4. The molecule has 0 radical (unpaired) electrons. The minimum absolute atomic E-state index is 0.0345. The Morgan fingerprint density at radius 3 is 2.41 bits per heavy atom. The molecular weight excluding hydrogens is 465 g/mol. The third kappa shape index (κ3) is 6.98. The van der Waals surface area contributed by atoms with E-state index in [4.69, 9.17) is 0 Å². The lowest BCUT2D eigenvalue weighted by molar-refractivity contribution is -0.128. The Hall–Kier alpha value is -2.73. The first-order valence-corrected chi connectivity index (χ1v) is 14.0. The van der Waals surface area contributed by atoms with Crippen LogP contribution in [0, 0.1) is 11.7 Å². The van der Waals surface area contributed by atoms with E-state index >= 15 is 0 Å². The molecule has 2 fully saturated rings. The van der Waals surface area contributed by atoms with Gasteiger partial charge in [-0.25, -0.2) is 4.39 Å². The molecule has 37 heavy (non-hydrogen) atoms. The van der Waals surface area contributed by atoms with E-state index in [0.717, 1.165) is 82.3 Å². The highest BCUT2D eigenvalue weighted by Crippen LogP contribution is 2.40. The van der Waals surface area contributed by atoms with E-state index < -0.39 is 5.41 Å². The number of carbonyl (C=O) groups is 2. The van der Waals surface area contributed by atoms with E-state index in [0.29, 0.717) is 12.5 Å². The van der Waals surface area contributed by atoms with Gasteiger partial charge in [0.05, 0.1) is 5.41 Å². The van der Waals surface area contributed by atoms with Crippen LogP contribution in [0.2, 0.25) is 0 Å². The smallest absolute Gasteiger partial charge is 0.230 e. The Bertz CT molecular complexity index is 1040. The number of nitrogens with zero attached hydrogens (tertiary/aromatic N) is 1. The highest BCUT2D eigenvalue weighted by molar-refractivity contribution is 5.92. The Morgan fingerprint density at radius 1 is 1.03 bits per heavy atom. The lowest BCUT2D eigenvalue weighted by Crippen LogP contribution is -2.46. The van der Waals surface area contributed by atoms with Gasteiger partial charge in [0.1, 0.15) is 5.82 Å². The predicted molar refractivity (Wildman–Crippen MR) is 147 cm³/mol. The van der Waals surface area contributed by atoms with Gasteiger partial charge in [0, 0.05) is 18.2 Å². The number of rotatable bonds is 9. The molecule has 6 heteroatoms. The van der Waals surface area contributed by atoms with Crippen molar-refractivity contribution in [2.75, 3.05) is 31.5 Å². The van der Waals surface area contributed by atoms with Crippen LogP contribution >= 0.6 is 0 Å². The lowest BCUT2D eigenvalue weighted by atomic mass is 9.68. The lowest BCUT2D eigenvalue weighted by Gasteiger charge is -2.36. The Kier molecular flexibility index (Phi) is 9.36. The SMILES string of the molecule is CC(C)C(=O)Nc1cccc(C2CCN(CCCNC(=O)C3(c4ccc(F)cc4)CCCCC3)CC2)c1. The van der Waals surface area contributed by atoms with Gasteiger partial charge in [-0.1, -0.05) is 57.4 Å². The fraction of sp³-hybridized carbons (Fsp3) is 0.548. The summed E-state index contributed by atoms with van der Waals surface area (Å²) >= 11 is 0. The quantitative estimate of drug-likeness (QED) is 0.409. The van der Waals surface area contributed by atoms with Gasteiger partial charge in [0.15, 0.2) is 0 Å². The molecule has 1 saturated heterocycles. The van der Waals surface area contributed by atoms with E-state index in [2.05, 4.69) is 27.7 Å². The van der Waals surface area contributed by atoms with E-state index in [-0.39, 0.29) is 23.5 Å². The predicted octanol–water partition coefficient (Wildman–Crippen LogP) is 6.01. The van der Waals surface area contributed by atoms with E-state index in [1.165, 1.54) is 17.7 Å². The molecule has 1 aliphatic carbocycles. The third-order valence-electron chi connectivity index (χ3n) is 8.21. The molecule has 2 aromatic rings. The monoisotopic (exact) mass is 507 g/mol. The first-order chi connectivity index (χ1) is 17.9. The van der Waals surface area contributed by atoms with Crippen LogP contribution in [0.5, 0.6) is 0 Å². The van der Waals surface area contributed by atoms with E-state index in [9.17, 15) is 14.0 Å². The maximum Gasteiger partial charge on any atom is 0.230 e. The second kappa shape index (κ2) is 12.7. The summed E-state index contributed by atoms with van der Waals surface area (Å²) in [5.41, 5.74) is 2.60. The second-order valence-electron chi connectivity index (χ2n) is 11.1. The minimum Gasteiger partial charge on any atom is -0.355 e. The highest BCUT2D eigenvalue weighted by Gasteiger charge is 2.40. The van der Waals surface area contributed by atoms with Crippen molar-refractivity contribution >= 4 is 17.5 Å². The van der Waals surface area contributed by atoms with Crippen molar-refractivity contribution in [3.8, 4) is 0 Å². The fourth-order valence-corrected chi connectivity index (χ4v) is 5.89. The summed E-state index contributed by atoms with van der Waals surface area (Å²) in [5, 5.41) is 6.23. The molecule has 200 valence electrons. The number of halogens is 1. The number of carbonyl (C=O) groups excluding carboxylic acids is 2. The van der Waals surface area contributed by atoms with Gasteiger partial charge in [-0.05, 0) is 93.0 Å². The van der Waals surface area contributed by atoms with Gasteiger partial charge in [-0.15, -0.1) is 0 Å². The van der Waals surface area contributed by atoms with Crippen LogP contribution in [-0.4, -0.2) is 42.9 Å². The van der Waals surface area contributed by atoms with Gasteiger partial charge >= 0.3 is 0 Å². The maximum atomic E-state index is 13.5. The van der Waals surface area contributed by atoms with Crippen LogP contribution < -0.4 is 10.6 Å². The fourth-order valence-electron chi connectivity index (χ4n) is 5.89. The summed E-state index contributed by atoms with van der Waals surface area (Å²) < 4.78 is 13.5. The Morgan fingerprint density at radius 2 is 1.73 bits per heavy atom. The van der Waals surface area contributed by atoms with Gasteiger partial charge in [0.25, 0.3) is 0 Å². The van der Waals surface area contributed by atoms with Crippen molar-refractivity contribution in [3.63, 3.8) is 0 Å². The number of amides is 2. The molecule has 0 aromatic heterocycles. The van der Waals surface area contributed by atoms with E-state index in [1.807, 2.05) is 26.0 Å². The van der Waals surface area contributed by atoms with Crippen LogP contribution in [0.4, 0.5) is 10.1 Å². The number of benzene rings is 2. The maximum absolute atomic E-state index is 13.5. The largest absolute Gasteiger partial charge is 0.355 e. The molecule has 1 heterocycles. The molecule has 0 unspecified atom stereocenters. The Balaban J connectivity index is 1.22. The van der Waals surface area contributed by atoms with Crippen molar-refractivity contribution in [1.82, 2.24) is 10.2 Å². The first kappa shape index (κ1) is 27.3. The van der Waals surface area contributed by atoms with Crippen molar-refractivity contribution in [1.29, 1.82) is 0 Å². The summed E-state index contributed by atoms with van der Waals surface area (Å²) in [6.07, 6.45) is 8.01. The summed E-state index contributed by atoms with van der Waals surface area (Å²) in [6.45, 7) is 7.53.